The fourth-order valence-corrected chi connectivity index (χ4v) is 3.40. The molecule has 0 aromatic carbocycles. The molecule has 3 heterocycles. The second kappa shape index (κ2) is 6.97. The Hall–Kier alpha value is -2.46. The SMILES string of the molecule is Cc1cc(NC(=O)CN2CCN(c3ccc([N+](=O)[O-])s3)CC2)no1. The van der Waals surface area contributed by atoms with Gasteiger partial charge in [-0.1, -0.05) is 5.16 Å². The van der Waals surface area contributed by atoms with Crippen LogP contribution in [0.15, 0.2) is 22.7 Å². The number of rotatable bonds is 5. The number of thiophene rings is 1. The Bertz CT molecular complexity index is 735. The summed E-state index contributed by atoms with van der Waals surface area (Å²) >= 11 is 1.18. The number of aryl methyl sites for hydroxylation is 1. The van der Waals surface area contributed by atoms with E-state index in [0.29, 0.717) is 11.6 Å². The number of hydrogen-bond acceptors (Lipinski definition) is 8. The van der Waals surface area contributed by atoms with Gasteiger partial charge in [0.25, 0.3) is 0 Å². The second-order valence-electron chi connectivity index (χ2n) is 5.50. The summed E-state index contributed by atoms with van der Waals surface area (Å²) in [5.41, 5.74) is 0. The third-order valence-electron chi connectivity index (χ3n) is 3.70. The smallest absolute Gasteiger partial charge is 0.326 e. The van der Waals surface area contributed by atoms with Crippen molar-refractivity contribution in [2.45, 2.75) is 6.92 Å². The van der Waals surface area contributed by atoms with Gasteiger partial charge in [-0.2, -0.15) is 0 Å². The lowest BCUT2D eigenvalue weighted by atomic mass is 10.3. The van der Waals surface area contributed by atoms with Gasteiger partial charge >= 0.3 is 5.00 Å². The number of hydrogen-bond donors (Lipinski definition) is 1. The standard InChI is InChI=1S/C14H17N5O4S/c1-10-8-11(16-23-10)15-12(20)9-17-4-6-18(7-5-17)13-2-3-14(24-13)19(21)22/h2-3,8H,4-7,9H2,1H3,(H,15,16,20). The summed E-state index contributed by atoms with van der Waals surface area (Å²) in [6.45, 7) is 4.94. The monoisotopic (exact) mass is 351 g/mol. The first kappa shape index (κ1) is 16.4. The first-order valence-corrected chi connectivity index (χ1v) is 8.27. The van der Waals surface area contributed by atoms with Crippen LogP contribution in [0.1, 0.15) is 5.76 Å². The van der Waals surface area contributed by atoms with Crippen LogP contribution in [0, 0.1) is 17.0 Å². The molecule has 0 unspecified atom stereocenters. The molecular weight excluding hydrogens is 334 g/mol. The van der Waals surface area contributed by atoms with Crippen molar-refractivity contribution < 1.29 is 14.2 Å². The molecule has 24 heavy (non-hydrogen) atoms. The molecule has 0 spiro atoms. The number of carbonyl (C=O) groups excluding carboxylic acids is 1. The highest BCUT2D eigenvalue weighted by Crippen LogP contribution is 2.31. The van der Waals surface area contributed by atoms with Gasteiger partial charge in [-0.15, -0.1) is 0 Å². The maximum absolute atomic E-state index is 12.0. The van der Waals surface area contributed by atoms with E-state index in [1.165, 1.54) is 17.4 Å². The van der Waals surface area contributed by atoms with E-state index in [9.17, 15) is 14.9 Å². The Kier molecular flexibility index (Phi) is 4.76. The minimum absolute atomic E-state index is 0.136. The number of nitro groups is 1. The van der Waals surface area contributed by atoms with Crippen molar-refractivity contribution in [1.82, 2.24) is 10.1 Å². The predicted octanol–water partition coefficient (Wildman–Crippen LogP) is 1.71. The molecule has 128 valence electrons. The van der Waals surface area contributed by atoms with Crippen molar-refractivity contribution in [3.63, 3.8) is 0 Å². The van der Waals surface area contributed by atoms with Crippen LogP contribution < -0.4 is 10.2 Å². The maximum Gasteiger partial charge on any atom is 0.326 e. The third kappa shape index (κ3) is 3.89. The van der Waals surface area contributed by atoms with Gasteiger partial charge in [-0.25, -0.2) is 0 Å². The van der Waals surface area contributed by atoms with Crippen molar-refractivity contribution in [3.05, 3.63) is 34.1 Å². The van der Waals surface area contributed by atoms with Crippen LogP contribution in [0.2, 0.25) is 0 Å². The summed E-state index contributed by atoms with van der Waals surface area (Å²) in [4.78, 5) is 26.5. The molecule has 1 aliphatic heterocycles. The molecular formula is C14H17N5O4S. The van der Waals surface area contributed by atoms with Crippen molar-refractivity contribution in [2.24, 2.45) is 0 Å². The van der Waals surface area contributed by atoms with E-state index in [1.54, 1.807) is 19.1 Å². The molecule has 3 rings (SSSR count). The lowest BCUT2D eigenvalue weighted by molar-refractivity contribution is -0.380. The number of piperazine rings is 1. The van der Waals surface area contributed by atoms with Gasteiger partial charge in [0.15, 0.2) is 5.82 Å². The third-order valence-corrected chi connectivity index (χ3v) is 4.80. The van der Waals surface area contributed by atoms with E-state index in [4.69, 9.17) is 4.52 Å². The Morgan fingerprint density at radius 1 is 1.42 bits per heavy atom. The number of aromatic nitrogens is 1. The Morgan fingerprint density at radius 2 is 2.17 bits per heavy atom. The molecule has 0 radical (unpaired) electrons. The molecule has 0 atom stereocenters. The van der Waals surface area contributed by atoms with Gasteiger partial charge in [-0.3, -0.25) is 19.8 Å². The summed E-state index contributed by atoms with van der Waals surface area (Å²) < 4.78 is 4.91. The highest BCUT2D eigenvalue weighted by Gasteiger charge is 2.22. The molecule has 2 aromatic rings. The molecule has 1 amide bonds. The Morgan fingerprint density at radius 3 is 2.75 bits per heavy atom. The van der Waals surface area contributed by atoms with Gasteiger partial charge in [-0.05, 0) is 24.3 Å². The molecule has 0 aliphatic carbocycles. The number of anilines is 2. The first-order chi connectivity index (χ1) is 11.5. The van der Waals surface area contributed by atoms with E-state index in [0.717, 1.165) is 31.2 Å². The summed E-state index contributed by atoms with van der Waals surface area (Å²) in [7, 11) is 0. The summed E-state index contributed by atoms with van der Waals surface area (Å²) in [5.74, 6) is 0.925. The van der Waals surface area contributed by atoms with Gasteiger partial charge in [0.1, 0.15) is 5.76 Å². The summed E-state index contributed by atoms with van der Waals surface area (Å²) in [6, 6.07) is 4.97. The lowest BCUT2D eigenvalue weighted by Crippen LogP contribution is -2.48. The average Bonchev–Trinajstić information content (AvgIpc) is 3.17. The topological polar surface area (TPSA) is 105 Å². The molecule has 2 aromatic heterocycles. The van der Waals surface area contributed by atoms with E-state index in [2.05, 4.69) is 15.4 Å². The highest BCUT2D eigenvalue weighted by molar-refractivity contribution is 7.19. The molecule has 0 saturated carbocycles. The minimum atomic E-state index is -0.375. The van der Waals surface area contributed by atoms with E-state index in [-0.39, 0.29) is 22.4 Å². The van der Waals surface area contributed by atoms with Crippen LogP contribution in [0.4, 0.5) is 15.8 Å². The lowest BCUT2D eigenvalue weighted by Gasteiger charge is -2.34. The molecule has 1 aliphatic rings. The zero-order valence-electron chi connectivity index (χ0n) is 13.1. The first-order valence-electron chi connectivity index (χ1n) is 7.46. The van der Waals surface area contributed by atoms with Crippen molar-refractivity contribution >= 4 is 33.1 Å². The number of nitrogens with zero attached hydrogens (tertiary/aromatic N) is 4. The minimum Gasteiger partial charge on any atom is -0.361 e. The second-order valence-corrected chi connectivity index (χ2v) is 6.54. The molecule has 1 fully saturated rings. The highest BCUT2D eigenvalue weighted by atomic mass is 32.1. The Balaban J connectivity index is 1.47. The van der Waals surface area contributed by atoms with Crippen LogP contribution in [0.3, 0.4) is 0 Å². The van der Waals surface area contributed by atoms with Gasteiger partial charge in [0.05, 0.1) is 16.5 Å². The molecule has 9 nitrogen and oxygen atoms in total. The largest absolute Gasteiger partial charge is 0.361 e. The van der Waals surface area contributed by atoms with E-state index in [1.807, 2.05) is 4.90 Å². The van der Waals surface area contributed by atoms with Crippen LogP contribution in [-0.2, 0) is 4.79 Å². The predicted molar refractivity (Wildman–Crippen MR) is 89.5 cm³/mol. The van der Waals surface area contributed by atoms with Gasteiger partial charge in [0, 0.05) is 38.3 Å². The fourth-order valence-electron chi connectivity index (χ4n) is 2.52. The number of carbonyl (C=O) groups is 1. The number of nitrogens with one attached hydrogen (secondary N) is 1. The van der Waals surface area contributed by atoms with Crippen LogP contribution >= 0.6 is 11.3 Å². The van der Waals surface area contributed by atoms with E-state index >= 15 is 0 Å². The van der Waals surface area contributed by atoms with Gasteiger partial charge < -0.3 is 14.7 Å². The van der Waals surface area contributed by atoms with E-state index < -0.39 is 0 Å². The van der Waals surface area contributed by atoms with Crippen molar-refractivity contribution in [2.75, 3.05) is 42.9 Å². The quantitative estimate of drug-likeness (QED) is 0.646. The van der Waals surface area contributed by atoms with Crippen molar-refractivity contribution in [3.8, 4) is 0 Å². The summed E-state index contributed by atoms with van der Waals surface area (Å²) in [6.07, 6.45) is 0. The van der Waals surface area contributed by atoms with Crippen LogP contribution in [0.25, 0.3) is 0 Å². The van der Waals surface area contributed by atoms with Gasteiger partial charge in [0.2, 0.25) is 5.91 Å². The average molecular weight is 351 g/mol. The fraction of sp³-hybridized carbons (Fsp3) is 0.429. The van der Waals surface area contributed by atoms with Crippen LogP contribution in [0.5, 0.6) is 0 Å². The van der Waals surface area contributed by atoms with Crippen molar-refractivity contribution in [1.29, 1.82) is 0 Å². The zero-order valence-corrected chi connectivity index (χ0v) is 13.9. The molecule has 0 bridgehead atoms. The molecule has 1 saturated heterocycles. The normalized spacial score (nSPS) is 15.5. The Labute approximate surface area is 142 Å². The zero-order chi connectivity index (χ0) is 17.1. The molecule has 1 N–H and O–H groups in total. The maximum atomic E-state index is 12.0. The molecule has 10 heteroatoms. The van der Waals surface area contributed by atoms with Crippen LogP contribution in [-0.4, -0.2) is 53.6 Å². The number of amides is 1. The summed E-state index contributed by atoms with van der Waals surface area (Å²) in [5, 5.41) is 18.2.